The Bertz CT molecular complexity index is 813. The zero-order valence-electron chi connectivity index (χ0n) is 27.8. The van der Waals surface area contributed by atoms with Crippen molar-refractivity contribution < 1.29 is 18.8 Å². The predicted octanol–water partition coefficient (Wildman–Crippen LogP) is 10.1. The van der Waals surface area contributed by atoms with Crippen molar-refractivity contribution in [1.29, 1.82) is 0 Å². The number of amides is 1. The fourth-order valence-electron chi connectivity index (χ4n) is 7.84. The third-order valence-electron chi connectivity index (χ3n) is 9.84. The number of hydrogen-bond acceptors (Lipinski definition) is 4. The number of rotatable bonds is 16. The van der Waals surface area contributed by atoms with E-state index in [2.05, 4.69) is 79.1 Å². The van der Waals surface area contributed by atoms with Crippen molar-refractivity contribution in [3.8, 4) is 0 Å². The smallest absolute Gasteiger partial charge is 0.410 e. The molecule has 1 saturated carbocycles. The van der Waals surface area contributed by atoms with Gasteiger partial charge in [0.1, 0.15) is 6.29 Å². The first-order chi connectivity index (χ1) is 18.8. The van der Waals surface area contributed by atoms with E-state index in [1.165, 1.54) is 19.3 Å². The van der Waals surface area contributed by atoms with E-state index in [9.17, 15) is 9.59 Å². The summed E-state index contributed by atoms with van der Waals surface area (Å²) in [5, 5.41) is 0. The summed E-state index contributed by atoms with van der Waals surface area (Å²) in [6, 6.07) is 0.916. The van der Waals surface area contributed by atoms with Crippen LogP contribution in [0.4, 0.5) is 4.79 Å². The Balaban J connectivity index is 2.64. The van der Waals surface area contributed by atoms with Gasteiger partial charge in [0.25, 0.3) is 8.32 Å². The molecule has 2 rings (SSSR count). The topological polar surface area (TPSA) is 55.8 Å². The van der Waals surface area contributed by atoms with E-state index in [0.717, 1.165) is 56.6 Å². The summed E-state index contributed by atoms with van der Waals surface area (Å²) in [6.07, 6.45) is 14.1. The first-order valence-electron chi connectivity index (χ1n) is 16.6. The van der Waals surface area contributed by atoms with Crippen LogP contribution in [0.1, 0.15) is 119 Å². The van der Waals surface area contributed by atoms with Gasteiger partial charge in [-0.3, -0.25) is 4.90 Å². The van der Waals surface area contributed by atoms with Gasteiger partial charge in [0.15, 0.2) is 0 Å². The molecule has 0 aromatic carbocycles. The van der Waals surface area contributed by atoms with Gasteiger partial charge in [-0.15, -0.1) is 0 Å². The largest absolute Gasteiger partial charge is 0.546 e. The van der Waals surface area contributed by atoms with E-state index in [0.29, 0.717) is 36.1 Å². The molecule has 1 aliphatic carbocycles. The zero-order valence-corrected chi connectivity index (χ0v) is 29.8. The summed E-state index contributed by atoms with van der Waals surface area (Å²) in [7, 11) is -3.52. The molecule has 0 radical (unpaired) electrons. The molecule has 0 aromatic rings. The lowest BCUT2D eigenvalue weighted by molar-refractivity contribution is -0.109. The van der Waals surface area contributed by atoms with Crippen molar-refractivity contribution in [3.63, 3.8) is 0 Å². The maximum absolute atomic E-state index is 14.1. The first kappa shape index (κ1) is 35.1. The number of nitrogens with zero attached hydrogens (tertiary/aromatic N) is 1. The highest BCUT2D eigenvalue weighted by molar-refractivity contribution is 6.78. The highest BCUT2D eigenvalue weighted by atomic mass is 28.4. The molecule has 2 aliphatic rings. The minimum absolute atomic E-state index is 0.0505. The number of carbonyl (C=O) groups excluding carboxylic acids is 2. The molecule has 0 unspecified atom stereocenters. The molecule has 7 heteroatoms. The first-order valence-corrected chi connectivity index (χ1v) is 22.4. The molecule has 1 heterocycles. The highest BCUT2D eigenvalue weighted by Crippen LogP contribution is 2.53. The Morgan fingerprint density at radius 3 is 2.25 bits per heavy atom. The predicted molar refractivity (Wildman–Crippen MR) is 174 cm³/mol. The van der Waals surface area contributed by atoms with E-state index >= 15 is 0 Å². The maximum atomic E-state index is 14.1. The van der Waals surface area contributed by atoms with Gasteiger partial charge < -0.3 is 14.0 Å². The monoisotopic (exact) mass is 593 g/mol. The van der Waals surface area contributed by atoms with Crippen molar-refractivity contribution in [3.05, 3.63) is 11.8 Å². The van der Waals surface area contributed by atoms with Crippen LogP contribution >= 0.6 is 0 Å². The van der Waals surface area contributed by atoms with E-state index in [1.54, 1.807) is 0 Å². The van der Waals surface area contributed by atoms with Crippen LogP contribution in [0.15, 0.2) is 11.8 Å². The molecular formula is C33H63NO4Si2. The van der Waals surface area contributed by atoms with E-state index < -0.39 is 21.9 Å². The van der Waals surface area contributed by atoms with Crippen molar-refractivity contribution in [2.24, 2.45) is 5.92 Å². The van der Waals surface area contributed by atoms with Crippen LogP contribution in [0.2, 0.25) is 42.3 Å². The van der Waals surface area contributed by atoms with Crippen LogP contribution in [-0.4, -0.2) is 51.9 Å². The Morgan fingerprint density at radius 2 is 1.70 bits per heavy atom. The van der Waals surface area contributed by atoms with Crippen molar-refractivity contribution in [2.75, 3.05) is 6.61 Å². The lowest BCUT2D eigenvalue weighted by atomic mass is 9.65. The number of unbranched alkanes of at least 4 members (excludes halogenated alkanes) is 3. The highest BCUT2D eigenvalue weighted by Gasteiger charge is 2.56. The fourth-order valence-corrected chi connectivity index (χ4v) is 13.9. The Labute approximate surface area is 249 Å². The van der Waals surface area contributed by atoms with Gasteiger partial charge in [0.05, 0.1) is 23.9 Å². The van der Waals surface area contributed by atoms with Crippen LogP contribution < -0.4 is 0 Å². The minimum Gasteiger partial charge on any atom is -0.546 e. The van der Waals surface area contributed by atoms with Crippen molar-refractivity contribution >= 4 is 28.8 Å². The summed E-state index contributed by atoms with van der Waals surface area (Å²) in [5.74, 6) is 1.26. The standard InChI is InChI=1S/C33H63NO4Si2/c1-11-12-13-14-18-29-25-31(38-40(26(2)3,27(4)5)28(6)7)30-19-15-16-20-33(30,21-17-22-35)34(29)32(36)37-23-24-39(8,9)10/h22,25-30H,11-21,23-24H2,1-10H3/t29-,30-,33+/m1/s1. The van der Waals surface area contributed by atoms with E-state index in [-0.39, 0.29) is 18.1 Å². The molecule has 1 fully saturated rings. The Kier molecular flexibility index (Phi) is 13.5. The van der Waals surface area contributed by atoms with Crippen LogP contribution in [0.3, 0.4) is 0 Å². The summed E-state index contributed by atoms with van der Waals surface area (Å²) >= 11 is 0. The summed E-state index contributed by atoms with van der Waals surface area (Å²) < 4.78 is 13.6. The quantitative estimate of drug-likeness (QED) is 0.101. The second kappa shape index (κ2) is 15.4. The molecular weight excluding hydrogens is 531 g/mol. The summed E-state index contributed by atoms with van der Waals surface area (Å²) in [6.45, 7) is 23.8. The van der Waals surface area contributed by atoms with Gasteiger partial charge in [0, 0.05) is 20.4 Å². The zero-order chi connectivity index (χ0) is 30.1. The van der Waals surface area contributed by atoms with Crippen LogP contribution in [0.25, 0.3) is 0 Å². The van der Waals surface area contributed by atoms with Gasteiger partial charge in [-0.1, -0.05) is 107 Å². The molecule has 0 bridgehead atoms. The van der Waals surface area contributed by atoms with Crippen LogP contribution in [0.5, 0.6) is 0 Å². The number of ether oxygens (including phenoxy) is 1. The van der Waals surface area contributed by atoms with Gasteiger partial charge in [0.2, 0.25) is 0 Å². The second-order valence-corrected chi connectivity index (χ2v) is 25.8. The van der Waals surface area contributed by atoms with Gasteiger partial charge in [-0.2, -0.15) is 0 Å². The second-order valence-electron chi connectivity index (χ2n) is 14.8. The fraction of sp³-hybridized carbons (Fsp3) is 0.879. The van der Waals surface area contributed by atoms with Gasteiger partial charge >= 0.3 is 6.09 Å². The lowest BCUT2D eigenvalue weighted by Gasteiger charge is -2.57. The molecule has 0 spiro atoms. The summed E-state index contributed by atoms with van der Waals surface area (Å²) in [4.78, 5) is 28.0. The normalized spacial score (nSPS) is 23.8. The summed E-state index contributed by atoms with van der Waals surface area (Å²) in [5.41, 5.74) is 1.02. The molecule has 1 amide bonds. The van der Waals surface area contributed by atoms with E-state index in [1.807, 2.05) is 0 Å². The molecule has 232 valence electrons. The number of aldehydes is 1. The van der Waals surface area contributed by atoms with Crippen LogP contribution in [0, 0.1) is 5.92 Å². The van der Waals surface area contributed by atoms with Crippen molar-refractivity contribution in [2.45, 2.75) is 173 Å². The lowest BCUT2D eigenvalue weighted by Crippen LogP contribution is -2.64. The molecule has 0 N–H and O–H groups in total. The average molecular weight is 594 g/mol. The van der Waals surface area contributed by atoms with Crippen LogP contribution in [-0.2, 0) is 14.0 Å². The molecule has 40 heavy (non-hydrogen) atoms. The molecule has 3 atom stereocenters. The number of carbonyl (C=O) groups is 2. The Hall–Kier alpha value is -1.09. The molecule has 1 aliphatic heterocycles. The number of fused-ring (bicyclic) bond motifs is 1. The minimum atomic E-state index is -2.19. The van der Waals surface area contributed by atoms with Crippen molar-refractivity contribution in [1.82, 2.24) is 4.90 Å². The SMILES string of the molecule is CCCCCC[C@@H]1C=C(O[Si](C(C)C)(C(C)C)C(C)C)[C@H]2CCCC[C@@]2(CCC=O)N1C(=O)OCC[Si](C)(C)C. The third-order valence-corrected chi connectivity index (χ3v) is 17.5. The number of hydrogen-bond donors (Lipinski definition) is 0. The van der Waals surface area contributed by atoms with E-state index in [4.69, 9.17) is 9.16 Å². The third kappa shape index (κ3) is 8.26. The Morgan fingerprint density at radius 1 is 1.05 bits per heavy atom. The average Bonchev–Trinajstić information content (AvgIpc) is 2.86. The molecule has 0 aromatic heterocycles. The maximum Gasteiger partial charge on any atom is 0.410 e. The van der Waals surface area contributed by atoms with Gasteiger partial charge in [-0.05, 0) is 54.4 Å². The van der Waals surface area contributed by atoms with Gasteiger partial charge in [-0.25, -0.2) is 4.79 Å². The molecule has 0 saturated heterocycles. The molecule has 5 nitrogen and oxygen atoms in total.